The standard InChI is InChI=1S/C23H19N3O2/c1-26(2)21-11-3-18(4-12-21)16-25-20-9-7-19(8-10-20)23(27)28-22-13-5-17(15-24)6-14-22/h3-14,16H,1-2H3. The minimum absolute atomic E-state index is 0.396. The van der Waals surface area contributed by atoms with E-state index in [-0.39, 0.29) is 0 Å². The highest BCUT2D eigenvalue weighted by atomic mass is 16.5. The number of anilines is 1. The number of rotatable bonds is 5. The summed E-state index contributed by atoms with van der Waals surface area (Å²) >= 11 is 0. The fraction of sp³-hybridized carbons (Fsp3) is 0.0870. The minimum Gasteiger partial charge on any atom is -0.423 e. The molecular formula is C23H19N3O2. The Kier molecular flexibility index (Phi) is 5.83. The number of esters is 1. The van der Waals surface area contributed by atoms with Gasteiger partial charge in [0.1, 0.15) is 5.75 Å². The maximum absolute atomic E-state index is 12.2. The Balaban J connectivity index is 1.63. The third-order valence-corrected chi connectivity index (χ3v) is 4.07. The van der Waals surface area contributed by atoms with Gasteiger partial charge in [-0.1, -0.05) is 12.1 Å². The molecule has 3 aromatic rings. The van der Waals surface area contributed by atoms with Crippen molar-refractivity contribution in [3.8, 4) is 11.8 Å². The van der Waals surface area contributed by atoms with Crippen LogP contribution in [0, 0.1) is 11.3 Å². The highest BCUT2D eigenvalue weighted by molar-refractivity contribution is 5.91. The second-order valence-corrected chi connectivity index (χ2v) is 6.32. The van der Waals surface area contributed by atoms with E-state index in [0.29, 0.717) is 16.9 Å². The number of aliphatic imine (C=N–C) groups is 1. The summed E-state index contributed by atoms with van der Waals surface area (Å²) in [4.78, 5) is 18.7. The first-order valence-electron chi connectivity index (χ1n) is 8.69. The van der Waals surface area contributed by atoms with E-state index in [1.807, 2.05) is 49.3 Å². The molecule has 0 unspecified atom stereocenters. The number of benzene rings is 3. The summed E-state index contributed by atoms with van der Waals surface area (Å²) < 4.78 is 5.31. The molecule has 0 fully saturated rings. The largest absolute Gasteiger partial charge is 0.423 e. The number of carbonyl (C=O) groups excluding carboxylic acids is 1. The van der Waals surface area contributed by atoms with E-state index in [2.05, 4.69) is 4.99 Å². The SMILES string of the molecule is CN(C)c1ccc(C=Nc2ccc(C(=O)Oc3ccc(C#N)cc3)cc2)cc1. The first kappa shape index (κ1) is 18.9. The summed E-state index contributed by atoms with van der Waals surface area (Å²) in [7, 11) is 3.99. The van der Waals surface area contributed by atoms with E-state index in [1.54, 1.807) is 54.7 Å². The Morgan fingerprint density at radius 3 is 2.18 bits per heavy atom. The Bertz CT molecular complexity index is 1010. The maximum atomic E-state index is 12.2. The van der Waals surface area contributed by atoms with Crippen LogP contribution in [0.15, 0.2) is 77.8 Å². The first-order chi connectivity index (χ1) is 13.5. The predicted molar refractivity (Wildman–Crippen MR) is 111 cm³/mol. The van der Waals surface area contributed by atoms with Crippen molar-refractivity contribution in [1.29, 1.82) is 5.26 Å². The molecule has 0 heterocycles. The quantitative estimate of drug-likeness (QED) is 0.375. The molecule has 0 aliphatic carbocycles. The third kappa shape index (κ3) is 4.83. The van der Waals surface area contributed by atoms with Gasteiger partial charge in [-0.2, -0.15) is 5.26 Å². The molecule has 0 aliphatic rings. The van der Waals surface area contributed by atoms with Gasteiger partial charge in [-0.25, -0.2) is 4.79 Å². The van der Waals surface area contributed by atoms with Crippen LogP contribution in [-0.4, -0.2) is 26.3 Å². The van der Waals surface area contributed by atoms with Crippen LogP contribution in [0.3, 0.4) is 0 Å². The van der Waals surface area contributed by atoms with Gasteiger partial charge >= 0.3 is 5.97 Å². The summed E-state index contributed by atoms with van der Waals surface area (Å²) in [5, 5.41) is 8.79. The second-order valence-electron chi connectivity index (χ2n) is 6.32. The van der Waals surface area contributed by atoms with Gasteiger partial charge in [0.2, 0.25) is 0 Å². The minimum atomic E-state index is -0.459. The molecule has 0 radical (unpaired) electrons. The molecule has 0 amide bonds. The average Bonchev–Trinajstić information content (AvgIpc) is 2.73. The summed E-state index contributed by atoms with van der Waals surface area (Å²) in [6, 6.07) is 23.4. The Morgan fingerprint density at radius 1 is 0.964 bits per heavy atom. The number of carbonyl (C=O) groups is 1. The number of hydrogen-bond donors (Lipinski definition) is 0. The zero-order chi connectivity index (χ0) is 19.9. The molecule has 0 saturated heterocycles. The normalized spacial score (nSPS) is 10.5. The first-order valence-corrected chi connectivity index (χ1v) is 8.69. The topological polar surface area (TPSA) is 65.7 Å². The lowest BCUT2D eigenvalue weighted by Gasteiger charge is -2.11. The molecule has 0 aromatic heterocycles. The lowest BCUT2D eigenvalue weighted by molar-refractivity contribution is 0.0735. The van der Waals surface area contributed by atoms with Gasteiger partial charge in [-0.15, -0.1) is 0 Å². The fourth-order valence-electron chi connectivity index (χ4n) is 2.45. The monoisotopic (exact) mass is 369 g/mol. The molecule has 3 aromatic carbocycles. The van der Waals surface area contributed by atoms with Crippen molar-refractivity contribution < 1.29 is 9.53 Å². The zero-order valence-electron chi connectivity index (χ0n) is 15.7. The molecule has 0 N–H and O–H groups in total. The zero-order valence-corrected chi connectivity index (χ0v) is 15.7. The van der Waals surface area contributed by atoms with Crippen LogP contribution in [0.5, 0.6) is 5.75 Å². The van der Waals surface area contributed by atoms with Gasteiger partial charge in [0.25, 0.3) is 0 Å². The van der Waals surface area contributed by atoms with Gasteiger partial charge in [0.05, 0.1) is 22.9 Å². The number of nitrogens with zero attached hydrogens (tertiary/aromatic N) is 3. The van der Waals surface area contributed by atoms with Crippen molar-refractivity contribution >= 4 is 23.6 Å². The van der Waals surface area contributed by atoms with Crippen molar-refractivity contribution in [3.63, 3.8) is 0 Å². The molecule has 3 rings (SSSR count). The van der Waals surface area contributed by atoms with Gasteiger partial charge in [-0.05, 0) is 66.2 Å². The van der Waals surface area contributed by atoms with Gasteiger partial charge < -0.3 is 9.64 Å². The highest BCUT2D eigenvalue weighted by Crippen LogP contribution is 2.17. The van der Waals surface area contributed by atoms with Crippen molar-refractivity contribution in [1.82, 2.24) is 0 Å². The predicted octanol–water partition coefficient (Wildman–Crippen LogP) is 4.59. The summed E-state index contributed by atoms with van der Waals surface area (Å²) in [6.07, 6.45) is 1.78. The van der Waals surface area contributed by atoms with E-state index in [1.165, 1.54) is 0 Å². The molecule has 0 saturated carbocycles. The molecule has 0 aliphatic heterocycles. The van der Waals surface area contributed by atoms with Crippen LogP contribution < -0.4 is 9.64 Å². The van der Waals surface area contributed by atoms with Gasteiger partial charge in [0.15, 0.2) is 0 Å². The highest BCUT2D eigenvalue weighted by Gasteiger charge is 2.08. The molecule has 5 heteroatoms. The van der Waals surface area contributed by atoms with Crippen molar-refractivity contribution in [2.75, 3.05) is 19.0 Å². The third-order valence-electron chi connectivity index (χ3n) is 4.07. The molecule has 138 valence electrons. The molecular weight excluding hydrogens is 350 g/mol. The summed E-state index contributed by atoms with van der Waals surface area (Å²) in [5.41, 5.74) is 3.81. The van der Waals surface area contributed by atoms with Crippen LogP contribution in [0.25, 0.3) is 0 Å². The summed E-state index contributed by atoms with van der Waals surface area (Å²) in [5.74, 6) is -0.0632. The number of hydrogen-bond acceptors (Lipinski definition) is 5. The summed E-state index contributed by atoms with van der Waals surface area (Å²) in [6.45, 7) is 0. The number of ether oxygens (including phenoxy) is 1. The van der Waals surface area contributed by atoms with Crippen LogP contribution in [0.2, 0.25) is 0 Å². The smallest absolute Gasteiger partial charge is 0.343 e. The Hall–Kier alpha value is -3.91. The van der Waals surface area contributed by atoms with Gasteiger partial charge in [0, 0.05) is 26.0 Å². The van der Waals surface area contributed by atoms with Crippen LogP contribution >= 0.6 is 0 Å². The van der Waals surface area contributed by atoms with Crippen LogP contribution in [-0.2, 0) is 0 Å². The second kappa shape index (κ2) is 8.65. The molecule has 0 atom stereocenters. The van der Waals surface area contributed by atoms with Crippen LogP contribution in [0.1, 0.15) is 21.5 Å². The van der Waals surface area contributed by atoms with Crippen molar-refractivity contribution in [3.05, 3.63) is 89.5 Å². The van der Waals surface area contributed by atoms with Crippen molar-refractivity contribution in [2.45, 2.75) is 0 Å². The van der Waals surface area contributed by atoms with Gasteiger partial charge in [-0.3, -0.25) is 4.99 Å². The maximum Gasteiger partial charge on any atom is 0.343 e. The fourth-order valence-corrected chi connectivity index (χ4v) is 2.45. The van der Waals surface area contributed by atoms with E-state index < -0.39 is 5.97 Å². The Labute approximate surface area is 164 Å². The van der Waals surface area contributed by atoms with E-state index in [4.69, 9.17) is 10.00 Å². The molecule has 5 nitrogen and oxygen atoms in total. The lowest BCUT2D eigenvalue weighted by Crippen LogP contribution is -2.08. The average molecular weight is 369 g/mol. The molecule has 0 spiro atoms. The Morgan fingerprint density at radius 2 is 1.61 bits per heavy atom. The lowest BCUT2D eigenvalue weighted by atomic mass is 10.2. The van der Waals surface area contributed by atoms with E-state index >= 15 is 0 Å². The number of nitriles is 1. The van der Waals surface area contributed by atoms with E-state index in [9.17, 15) is 4.79 Å². The molecule has 0 bridgehead atoms. The van der Waals surface area contributed by atoms with Crippen molar-refractivity contribution in [2.24, 2.45) is 4.99 Å². The van der Waals surface area contributed by atoms with E-state index in [0.717, 1.165) is 16.9 Å². The van der Waals surface area contributed by atoms with Crippen LogP contribution in [0.4, 0.5) is 11.4 Å². The molecule has 28 heavy (non-hydrogen) atoms.